The summed E-state index contributed by atoms with van der Waals surface area (Å²) in [5.74, 6) is 2.00. The van der Waals surface area contributed by atoms with Gasteiger partial charge in [0.1, 0.15) is 0 Å². The second-order valence-corrected chi connectivity index (χ2v) is 4.56. The van der Waals surface area contributed by atoms with Crippen LogP contribution in [0.4, 0.5) is 0 Å². The fourth-order valence-corrected chi connectivity index (χ4v) is 1.97. The predicted molar refractivity (Wildman–Crippen MR) is 56.3 cm³/mol. The van der Waals surface area contributed by atoms with Crippen molar-refractivity contribution >= 4 is 16.9 Å². The Balaban J connectivity index is 1.43. The zero-order valence-corrected chi connectivity index (χ0v) is 8.61. The number of hydrogen-bond donors (Lipinski definition) is 1. The van der Waals surface area contributed by atoms with E-state index in [9.17, 15) is 0 Å². The third-order valence-corrected chi connectivity index (χ3v) is 3.09. The summed E-state index contributed by atoms with van der Waals surface area (Å²) in [4.78, 5) is 4.29. The normalized spacial score (nSPS) is 21.7. The van der Waals surface area contributed by atoms with Crippen LogP contribution in [0, 0.1) is 5.92 Å². The topological polar surface area (TPSA) is 33.6 Å². The van der Waals surface area contributed by atoms with Crippen LogP contribution in [0.1, 0.15) is 12.8 Å². The molecule has 1 aliphatic carbocycles. The quantitative estimate of drug-likeness (QED) is 0.675. The van der Waals surface area contributed by atoms with E-state index in [0.717, 1.165) is 43.1 Å². The molecule has 0 aromatic carbocycles. The Morgan fingerprint density at radius 1 is 1.54 bits per heavy atom. The van der Waals surface area contributed by atoms with Gasteiger partial charge >= 0.3 is 0 Å². The van der Waals surface area contributed by atoms with Gasteiger partial charge in [-0.3, -0.25) is 4.99 Å². The Morgan fingerprint density at radius 2 is 2.46 bits per heavy atom. The number of hydrogen-bond acceptors (Lipinski definition) is 4. The third-order valence-electron chi connectivity index (χ3n) is 2.16. The van der Waals surface area contributed by atoms with E-state index in [1.54, 1.807) is 11.8 Å². The van der Waals surface area contributed by atoms with E-state index in [4.69, 9.17) is 4.74 Å². The lowest BCUT2D eigenvalue weighted by molar-refractivity contribution is 0.129. The van der Waals surface area contributed by atoms with E-state index >= 15 is 0 Å². The molecule has 0 saturated heterocycles. The minimum Gasteiger partial charge on any atom is -0.379 e. The van der Waals surface area contributed by atoms with Crippen LogP contribution >= 0.6 is 11.8 Å². The maximum absolute atomic E-state index is 5.49. The van der Waals surface area contributed by atoms with Crippen molar-refractivity contribution in [3.05, 3.63) is 0 Å². The van der Waals surface area contributed by atoms with Crippen LogP contribution < -0.4 is 5.32 Å². The molecule has 0 amide bonds. The predicted octanol–water partition coefficient (Wildman–Crippen LogP) is 1.11. The molecule has 0 unspecified atom stereocenters. The van der Waals surface area contributed by atoms with Gasteiger partial charge in [0, 0.05) is 18.9 Å². The first kappa shape index (κ1) is 9.34. The van der Waals surface area contributed by atoms with Gasteiger partial charge in [-0.2, -0.15) is 0 Å². The molecule has 4 heteroatoms. The van der Waals surface area contributed by atoms with E-state index in [1.807, 2.05) is 0 Å². The third kappa shape index (κ3) is 3.56. The summed E-state index contributed by atoms with van der Waals surface area (Å²) in [6.07, 6.45) is 2.74. The van der Waals surface area contributed by atoms with Crippen LogP contribution in [0.2, 0.25) is 0 Å². The molecule has 0 radical (unpaired) electrons. The highest BCUT2D eigenvalue weighted by Gasteiger charge is 2.20. The van der Waals surface area contributed by atoms with Gasteiger partial charge in [-0.05, 0) is 18.8 Å². The summed E-state index contributed by atoms with van der Waals surface area (Å²) >= 11 is 1.80. The van der Waals surface area contributed by atoms with Crippen molar-refractivity contribution in [1.82, 2.24) is 5.32 Å². The molecule has 0 bridgehead atoms. The second-order valence-electron chi connectivity index (χ2n) is 3.48. The highest BCUT2D eigenvalue weighted by molar-refractivity contribution is 8.14. The summed E-state index contributed by atoms with van der Waals surface area (Å²) in [6, 6.07) is 0. The molecule has 1 saturated carbocycles. The lowest BCUT2D eigenvalue weighted by Gasteiger charge is -2.05. The van der Waals surface area contributed by atoms with Gasteiger partial charge in [-0.25, -0.2) is 0 Å². The molecule has 74 valence electrons. The van der Waals surface area contributed by atoms with Gasteiger partial charge in [-0.1, -0.05) is 11.8 Å². The number of aliphatic imine (C=N–C) groups is 1. The highest BCUT2D eigenvalue weighted by atomic mass is 32.2. The zero-order chi connectivity index (χ0) is 8.93. The maximum atomic E-state index is 5.49. The molecule has 13 heavy (non-hydrogen) atoms. The number of rotatable bonds is 5. The Morgan fingerprint density at radius 3 is 3.15 bits per heavy atom. The van der Waals surface area contributed by atoms with Gasteiger partial charge < -0.3 is 10.1 Å². The first-order valence-electron chi connectivity index (χ1n) is 4.94. The fourth-order valence-electron chi connectivity index (χ4n) is 1.21. The Labute approximate surface area is 83.3 Å². The second kappa shape index (κ2) is 4.86. The lowest BCUT2D eigenvalue weighted by Crippen LogP contribution is -2.24. The summed E-state index contributed by atoms with van der Waals surface area (Å²) < 4.78 is 5.49. The fraction of sp³-hybridized carbons (Fsp3) is 0.889. The molecule has 1 heterocycles. The van der Waals surface area contributed by atoms with Crippen LogP contribution in [-0.2, 0) is 4.74 Å². The molecule has 1 N–H and O–H groups in total. The maximum Gasteiger partial charge on any atom is 0.156 e. The van der Waals surface area contributed by atoms with Gasteiger partial charge in [0.25, 0.3) is 0 Å². The zero-order valence-electron chi connectivity index (χ0n) is 7.79. The first-order chi connectivity index (χ1) is 6.45. The van der Waals surface area contributed by atoms with Crippen LogP contribution in [-0.4, -0.2) is 37.2 Å². The number of thioether (sulfide) groups is 1. The van der Waals surface area contributed by atoms with Gasteiger partial charge in [0.15, 0.2) is 5.17 Å². The summed E-state index contributed by atoms with van der Waals surface area (Å²) in [5, 5.41) is 4.36. The van der Waals surface area contributed by atoms with E-state index in [0.29, 0.717) is 0 Å². The van der Waals surface area contributed by atoms with Gasteiger partial charge in [-0.15, -0.1) is 0 Å². The van der Waals surface area contributed by atoms with Crippen molar-refractivity contribution < 1.29 is 4.74 Å². The summed E-state index contributed by atoms with van der Waals surface area (Å²) in [7, 11) is 0. The van der Waals surface area contributed by atoms with Crippen molar-refractivity contribution in [2.45, 2.75) is 12.8 Å². The van der Waals surface area contributed by atoms with Crippen molar-refractivity contribution in [3.63, 3.8) is 0 Å². The molecule has 0 atom stereocenters. The standard InChI is InChI=1S/C9H16N2OS/c1-2-8(1)7-12-5-3-10-9-11-4-6-13-9/h8H,1-7H2,(H,10,11). The first-order valence-corrected chi connectivity index (χ1v) is 5.92. The van der Waals surface area contributed by atoms with Crippen molar-refractivity contribution in [2.75, 3.05) is 32.1 Å². The molecule has 1 fully saturated rings. The molecular formula is C9H16N2OS. The smallest absolute Gasteiger partial charge is 0.156 e. The largest absolute Gasteiger partial charge is 0.379 e. The average molecular weight is 200 g/mol. The van der Waals surface area contributed by atoms with Crippen molar-refractivity contribution in [1.29, 1.82) is 0 Å². The van der Waals surface area contributed by atoms with Crippen molar-refractivity contribution in [2.24, 2.45) is 10.9 Å². The van der Waals surface area contributed by atoms with Crippen LogP contribution in [0.5, 0.6) is 0 Å². The molecule has 3 nitrogen and oxygen atoms in total. The van der Waals surface area contributed by atoms with E-state index < -0.39 is 0 Å². The van der Waals surface area contributed by atoms with Crippen LogP contribution in [0.15, 0.2) is 4.99 Å². The Kier molecular flexibility index (Phi) is 3.49. The Hall–Kier alpha value is -0.220. The van der Waals surface area contributed by atoms with Crippen LogP contribution in [0.3, 0.4) is 0 Å². The van der Waals surface area contributed by atoms with E-state index in [2.05, 4.69) is 10.3 Å². The average Bonchev–Trinajstić information content (AvgIpc) is 2.81. The number of nitrogens with one attached hydrogen (secondary N) is 1. The van der Waals surface area contributed by atoms with Crippen molar-refractivity contribution in [3.8, 4) is 0 Å². The molecule has 2 aliphatic rings. The molecule has 0 aromatic heterocycles. The van der Waals surface area contributed by atoms with Gasteiger partial charge in [0.05, 0.1) is 13.2 Å². The monoisotopic (exact) mass is 200 g/mol. The summed E-state index contributed by atoms with van der Waals surface area (Å²) in [6.45, 7) is 3.64. The SMILES string of the molecule is C1CSC(NCCOCC2CC2)=N1. The minimum absolute atomic E-state index is 0.816. The van der Waals surface area contributed by atoms with Gasteiger partial charge in [0.2, 0.25) is 0 Å². The van der Waals surface area contributed by atoms with E-state index in [1.165, 1.54) is 12.8 Å². The molecule has 0 aromatic rings. The minimum atomic E-state index is 0.816. The number of amidine groups is 1. The molecule has 0 spiro atoms. The van der Waals surface area contributed by atoms with E-state index in [-0.39, 0.29) is 0 Å². The molecule has 1 aliphatic heterocycles. The lowest BCUT2D eigenvalue weighted by atomic mass is 10.5. The Bertz CT molecular complexity index is 192. The highest BCUT2D eigenvalue weighted by Crippen LogP contribution is 2.28. The summed E-state index contributed by atoms with van der Waals surface area (Å²) in [5.41, 5.74) is 0. The number of ether oxygens (including phenoxy) is 1. The molecular weight excluding hydrogens is 184 g/mol. The molecule has 2 rings (SSSR count). The van der Waals surface area contributed by atoms with Crippen LogP contribution in [0.25, 0.3) is 0 Å². The number of nitrogens with zero attached hydrogens (tertiary/aromatic N) is 1.